The fourth-order valence-electron chi connectivity index (χ4n) is 1.23. The number of ether oxygens (including phenoxy) is 1. The van der Waals surface area contributed by atoms with Gasteiger partial charge in [0.05, 0.1) is 6.61 Å². The van der Waals surface area contributed by atoms with Crippen LogP contribution in [-0.4, -0.2) is 12.6 Å². The largest absolute Gasteiger partial charge is 0.466 e. The van der Waals surface area contributed by atoms with Gasteiger partial charge in [-0.15, -0.1) is 0 Å². The summed E-state index contributed by atoms with van der Waals surface area (Å²) in [5.74, 6) is -4.49. The molecule has 0 aliphatic heterocycles. The van der Waals surface area contributed by atoms with Crippen molar-refractivity contribution >= 4 is 5.97 Å². The Bertz CT molecular complexity index is 391. The Kier molecular flexibility index (Phi) is 4.34. The standard InChI is InChI=1S/C11H11F3O2/c1-2-16-9(15)6-4-7-3-5-8(12)11(14)10(7)13/h3,5H,2,4,6H2,1H3. The first kappa shape index (κ1) is 12.5. The molecule has 0 atom stereocenters. The smallest absolute Gasteiger partial charge is 0.306 e. The Labute approximate surface area is 91.0 Å². The molecule has 0 aliphatic carbocycles. The molecule has 2 nitrogen and oxygen atoms in total. The van der Waals surface area contributed by atoms with Gasteiger partial charge in [-0.1, -0.05) is 6.07 Å². The summed E-state index contributed by atoms with van der Waals surface area (Å²) in [5, 5.41) is 0. The fraction of sp³-hybridized carbons (Fsp3) is 0.364. The van der Waals surface area contributed by atoms with Crippen molar-refractivity contribution in [3.05, 3.63) is 35.1 Å². The minimum atomic E-state index is -1.51. The first-order chi connectivity index (χ1) is 7.56. The van der Waals surface area contributed by atoms with Gasteiger partial charge in [0.2, 0.25) is 0 Å². The van der Waals surface area contributed by atoms with Gasteiger partial charge in [0.1, 0.15) is 0 Å². The molecule has 0 aliphatic rings. The molecule has 0 spiro atoms. The van der Waals surface area contributed by atoms with Gasteiger partial charge < -0.3 is 4.74 Å². The second-order valence-corrected chi connectivity index (χ2v) is 3.14. The molecule has 5 heteroatoms. The summed E-state index contributed by atoms with van der Waals surface area (Å²) in [6.07, 6.45) is -0.0717. The lowest BCUT2D eigenvalue weighted by atomic mass is 10.1. The molecule has 0 bridgehead atoms. The van der Waals surface area contributed by atoms with E-state index in [2.05, 4.69) is 4.74 Å². The third kappa shape index (κ3) is 2.98. The zero-order chi connectivity index (χ0) is 12.1. The molecule has 1 aromatic rings. The van der Waals surface area contributed by atoms with Crippen LogP contribution >= 0.6 is 0 Å². The van der Waals surface area contributed by atoms with Crippen LogP contribution in [0.1, 0.15) is 18.9 Å². The molecule has 16 heavy (non-hydrogen) atoms. The summed E-state index contributed by atoms with van der Waals surface area (Å²) in [5.41, 5.74) is -0.0352. The molecule has 0 amide bonds. The Morgan fingerprint density at radius 2 is 1.94 bits per heavy atom. The zero-order valence-corrected chi connectivity index (χ0v) is 8.73. The van der Waals surface area contributed by atoms with Gasteiger partial charge in [-0.3, -0.25) is 4.79 Å². The van der Waals surface area contributed by atoms with E-state index >= 15 is 0 Å². The van der Waals surface area contributed by atoms with Crippen LogP contribution in [0.25, 0.3) is 0 Å². The number of hydrogen-bond donors (Lipinski definition) is 0. The van der Waals surface area contributed by atoms with Crippen molar-refractivity contribution in [2.75, 3.05) is 6.61 Å². The van der Waals surface area contributed by atoms with E-state index in [4.69, 9.17) is 0 Å². The van der Waals surface area contributed by atoms with E-state index in [9.17, 15) is 18.0 Å². The van der Waals surface area contributed by atoms with Crippen LogP contribution in [-0.2, 0) is 16.0 Å². The maximum atomic E-state index is 13.1. The summed E-state index contributed by atoms with van der Waals surface area (Å²) < 4.78 is 43.1. The summed E-state index contributed by atoms with van der Waals surface area (Å²) >= 11 is 0. The molecule has 0 aromatic heterocycles. The maximum absolute atomic E-state index is 13.1. The predicted octanol–water partition coefficient (Wildman–Crippen LogP) is 2.60. The summed E-state index contributed by atoms with van der Waals surface area (Å²) in [6.45, 7) is 1.88. The summed E-state index contributed by atoms with van der Waals surface area (Å²) in [4.78, 5) is 11.0. The lowest BCUT2D eigenvalue weighted by molar-refractivity contribution is -0.143. The predicted molar refractivity (Wildman–Crippen MR) is 51.3 cm³/mol. The van der Waals surface area contributed by atoms with Crippen molar-refractivity contribution in [1.82, 2.24) is 0 Å². The normalized spacial score (nSPS) is 10.2. The highest BCUT2D eigenvalue weighted by Crippen LogP contribution is 2.16. The Morgan fingerprint density at radius 3 is 2.56 bits per heavy atom. The molecular formula is C11H11F3O2. The van der Waals surface area contributed by atoms with E-state index in [1.165, 1.54) is 0 Å². The van der Waals surface area contributed by atoms with Crippen molar-refractivity contribution in [3.63, 3.8) is 0 Å². The lowest BCUT2D eigenvalue weighted by Gasteiger charge is -2.04. The van der Waals surface area contributed by atoms with Crippen LogP contribution in [0.5, 0.6) is 0 Å². The summed E-state index contributed by atoms with van der Waals surface area (Å²) in [6, 6.07) is 1.95. The van der Waals surface area contributed by atoms with Crippen LogP contribution in [0.3, 0.4) is 0 Å². The molecule has 1 aromatic carbocycles. The molecule has 88 valence electrons. The highest BCUT2D eigenvalue weighted by molar-refractivity contribution is 5.69. The first-order valence-electron chi connectivity index (χ1n) is 4.84. The minimum Gasteiger partial charge on any atom is -0.466 e. The van der Waals surface area contributed by atoms with Crippen LogP contribution in [0.15, 0.2) is 12.1 Å². The molecular weight excluding hydrogens is 221 g/mol. The second kappa shape index (κ2) is 5.53. The summed E-state index contributed by atoms with van der Waals surface area (Å²) in [7, 11) is 0. The van der Waals surface area contributed by atoms with Gasteiger partial charge in [-0.2, -0.15) is 0 Å². The van der Waals surface area contributed by atoms with Crippen molar-refractivity contribution in [2.45, 2.75) is 19.8 Å². The fourth-order valence-corrected chi connectivity index (χ4v) is 1.23. The SMILES string of the molecule is CCOC(=O)CCc1ccc(F)c(F)c1F. The Morgan fingerprint density at radius 1 is 1.25 bits per heavy atom. The highest BCUT2D eigenvalue weighted by Gasteiger charge is 2.14. The Hall–Kier alpha value is -1.52. The zero-order valence-electron chi connectivity index (χ0n) is 8.73. The molecule has 0 heterocycles. The van der Waals surface area contributed by atoms with E-state index in [-0.39, 0.29) is 25.0 Å². The molecule has 0 unspecified atom stereocenters. The molecule has 0 N–H and O–H groups in total. The van der Waals surface area contributed by atoms with Gasteiger partial charge in [0, 0.05) is 6.42 Å². The number of benzene rings is 1. The van der Waals surface area contributed by atoms with Crippen molar-refractivity contribution in [1.29, 1.82) is 0 Å². The number of carbonyl (C=O) groups excluding carboxylic acids is 1. The number of esters is 1. The average molecular weight is 232 g/mol. The number of aryl methyl sites for hydroxylation is 1. The van der Waals surface area contributed by atoms with Crippen LogP contribution in [0, 0.1) is 17.5 Å². The van der Waals surface area contributed by atoms with Crippen LogP contribution in [0.2, 0.25) is 0 Å². The third-order valence-electron chi connectivity index (χ3n) is 2.02. The van der Waals surface area contributed by atoms with Gasteiger partial charge in [0.15, 0.2) is 17.5 Å². The van der Waals surface area contributed by atoms with Crippen LogP contribution in [0.4, 0.5) is 13.2 Å². The molecule has 0 saturated carbocycles. The molecule has 0 saturated heterocycles. The molecule has 0 fully saturated rings. The van der Waals surface area contributed by atoms with E-state index in [0.29, 0.717) is 0 Å². The van der Waals surface area contributed by atoms with E-state index < -0.39 is 23.4 Å². The van der Waals surface area contributed by atoms with Gasteiger partial charge in [0.25, 0.3) is 0 Å². The third-order valence-corrected chi connectivity index (χ3v) is 2.02. The van der Waals surface area contributed by atoms with Crippen LogP contribution < -0.4 is 0 Å². The number of halogens is 3. The van der Waals surface area contributed by atoms with Gasteiger partial charge >= 0.3 is 5.97 Å². The first-order valence-corrected chi connectivity index (χ1v) is 4.84. The van der Waals surface area contributed by atoms with Crippen molar-refractivity contribution < 1.29 is 22.7 Å². The highest BCUT2D eigenvalue weighted by atomic mass is 19.2. The Balaban J connectivity index is 2.68. The van der Waals surface area contributed by atoms with E-state index in [1.54, 1.807) is 6.92 Å². The minimum absolute atomic E-state index is 0.0120. The number of rotatable bonds is 4. The van der Waals surface area contributed by atoms with E-state index in [0.717, 1.165) is 12.1 Å². The van der Waals surface area contributed by atoms with Gasteiger partial charge in [-0.25, -0.2) is 13.2 Å². The quantitative estimate of drug-likeness (QED) is 0.589. The molecule has 0 radical (unpaired) electrons. The molecule has 1 rings (SSSR count). The van der Waals surface area contributed by atoms with Gasteiger partial charge in [-0.05, 0) is 25.0 Å². The number of hydrogen-bond acceptors (Lipinski definition) is 2. The lowest BCUT2D eigenvalue weighted by Crippen LogP contribution is -2.07. The topological polar surface area (TPSA) is 26.3 Å². The van der Waals surface area contributed by atoms with Crippen molar-refractivity contribution in [2.24, 2.45) is 0 Å². The monoisotopic (exact) mass is 232 g/mol. The number of carbonyl (C=O) groups is 1. The van der Waals surface area contributed by atoms with Crippen molar-refractivity contribution in [3.8, 4) is 0 Å². The average Bonchev–Trinajstić information content (AvgIpc) is 2.25. The van der Waals surface area contributed by atoms with E-state index in [1.807, 2.05) is 0 Å². The second-order valence-electron chi connectivity index (χ2n) is 3.14. The maximum Gasteiger partial charge on any atom is 0.306 e.